The van der Waals surface area contributed by atoms with Crippen LogP contribution in [0.25, 0.3) is 0 Å². The fourth-order valence-corrected chi connectivity index (χ4v) is 3.74. The number of aromatic amines is 1. The minimum absolute atomic E-state index is 0.00967. The molecule has 0 spiro atoms. The van der Waals surface area contributed by atoms with Crippen molar-refractivity contribution in [3.05, 3.63) is 64.2 Å². The number of methoxy groups -OCH3 is 1. The second kappa shape index (κ2) is 8.02. The van der Waals surface area contributed by atoms with Crippen LogP contribution in [0.3, 0.4) is 0 Å². The average molecular weight is 409 g/mol. The van der Waals surface area contributed by atoms with Crippen molar-refractivity contribution in [3.8, 4) is 5.75 Å². The zero-order valence-corrected chi connectivity index (χ0v) is 16.9. The molecule has 0 unspecified atom stereocenters. The summed E-state index contributed by atoms with van der Waals surface area (Å²) >= 11 is 0. The zero-order valence-electron chi connectivity index (χ0n) is 16.9. The molecule has 4 rings (SSSR count). The van der Waals surface area contributed by atoms with Gasteiger partial charge in [0.15, 0.2) is 5.69 Å². The number of aromatic carboxylic acids is 1. The average Bonchev–Trinajstić information content (AvgIpc) is 3.35. The molecule has 9 nitrogen and oxygen atoms in total. The SMILES string of the molecule is COc1ccc(CCn2nc(C(=O)O)c3c2CCN(C(=O)c2cc(C)[nH]n2)C3)cc1. The van der Waals surface area contributed by atoms with Crippen LogP contribution in [0, 0.1) is 6.92 Å². The molecule has 3 aromatic rings. The second-order valence-corrected chi connectivity index (χ2v) is 7.31. The van der Waals surface area contributed by atoms with Crippen molar-refractivity contribution in [1.82, 2.24) is 24.9 Å². The summed E-state index contributed by atoms with van der Waals surface area (Å²) in [6.07, 6.45) is 1.26. The highest BCUT2D eigenvalue weighted by atomic mass is 16.5. The molecule has 2 aromatic heterocycles. The van der Waals surface area contributed by atoms with Crippen molar-refractivity contribution in [2.24, 2.45) is 0 Å². The normalized spacial score (nSPS) is 13.2. The Morgan fingerprint density at radius 3 is 2.67 bits per heavy atom. The van der Waals surface area contributed by atoms with Crippen LogP contribution in [0.15, 0.2) is 30.3 Å². The van der Waals surface area contributed by atoms with E-state index in [0.717, 1.165) is 22.7 Å². The summed E-state index contributed by atoms with van der Waals surface area (Å²) in [5, 5.41) is 20.8. The van der Waals surface area contributed by atoms with Crippen LogP contribution in [-0.2, 0) is 25.9 Å². The van der Waals surface area contributed by atoms with Gasteiger partial charge in [-0.25, -0.2) is 4.79 Å². The van der Waals surface area contributed by atoms with E-state index in [1.54, 1.807) is 22.8 Å². The minimum atomic E-state index is -1.08. The topological polar surface area (TPSA) is 113 Å². The first-order valence-electron chi connectivity index (χ1n) is 9.72. The van der Waals surface area contributed by atoms with Crippen LogP contribution in [-0.4, -0.2) is 55.5 Å². The van der Waals surface area contributed by atoms with Crippen molar-refractivity contribution in [2.75, 3.05) is 13.7 Å². The van der Waals surface area contributed by atoms with Crippen LogP contribution >= 0.6 is 0 Å². The third-order valence-corrected chi connectivity index (χ3v) is 5.32. The molecule has 1 amide bonds. The number of aromatic nitrogens is 4. The maximum absolute atomic E-state index is 12.7. The number of carbonyl (C=O) groups is 2. The smallest absolute Gasteiger partial charge is 0.356 e. The molecule has 1 aliphatic heterocycles. The first kappa shape index (κ1) is 19.7. The molecule has 0 aliphatic carbocycles. The number of rotatable bonds is 6. The molecule has 156 valence electrons. The number of nitrogens with zero attached hydrogens (tertiary/aromatic N) is 4. The molecular weight excluding hydrogens is 386 g/mol. The summed E-state index contributed by atoms with van der Waals surface area (Å²) in [5.74, 6) is -0.507. The van der Waals surface area contributed by atoms with Crippen LogP contribution in [0.2, 0.25) is 0 Å². The Kier molecular flexibility index (Phi) is 5.26. The zero-order chi connectivity index (χ0) is 21.3. The second-order valence-electron chi connectivity index (χ2n) is 7.31. The van der Waals surface area contributed by atoms with Gasteiger partial charge in [0.25, 0.3) is 5.91 Å². The Morgan fingerprint density at radius 2 is 2.03 bits per heavy atom. The standard InChI is InChI=1S/C21H23N5O4/c1-13-11-17(23-22-13)20(27)25-9-8-18-16(12-25)19(21(28)29)24-26(18)10-7-14-3-5-15(30-2)6-4-14/h3-6,11H,7-10,12H2,1-2H3,(H,22,23)(H,28,29). The molecule has 2 N–H and O–H groups in total. The van der Waals surface area contributed by atoms with Gasteiger partial charge in [-0.3, -0.25) is 14.6 Å². The molecule has 1 aliphatic rings. The van der Waals surface area contributed by atoms with Crippen LogP contribution in [0.4, 0.5) is 0 Å². The van der Waals surface area contributed by atoms with Crippen LogP contribution in [0.1, 0.15) is 43.5 Å². The van der Waals surface area contributed by atoms with Gasteiger partial charge >= 0.3 is 5.97 Å². The first-order chi connectivity index (χ1) is 14.5. The monoisotopic (exact) mass is 409 g/mol. The van der Waals surface area contributed by atoms with Crippen molar-refractivity contribution in [2.45, 2.75) is 32.9 Å². The molecule has 0 atom stereocenters. The molecule has 3 heterocycles. The van der Waals surface area contributed by atoms with Gasteiger partial charge in [0.2, 0.25) is 0 Å². The number of aryl methyl sites for hydroxylation is 3. The van der Waals surface area contributed by atoms with Gasteiger partial charge in [-0.05, 0) is 37.1 Å². The summed E-state index contributed by atoms with van der Waals surface area (Å²) in [7, 11) is 1.62. The summed E-state index contributed by atoms with van der Waals surface area (Å²) < 4.78 is 6.94. The number of carboxylic acid groups (broad SMARTS) is 1. The molecule has 30 heavy (non-hydrogen) atoms. The number of H-pyrrole nitrogens is 1. The third-order valence-electron chi connectivity index (χ3n) is 5.32. The number of nitrogens with one attached hydrogen (secondary N) is 1. The Balaban J connectivity index is 1.54. The minimum Gasteiger partial charge on any atom is -0.497 e. The van der Waals surface area contributed by atoms with Gasteiger partial charge in [0.05, 0.1) is 13.7 Å². The molecule has 0 saturated carbocycles. The van der Waals surface area contributed by atoms with Gasteiger partial charge < -0.3 is 14.7 Å². The number of hydrogen-bond acceptors (Lipinski definition) is 5. The third kappa shape index (κ3) is 3.78. The lowest BCUT2D eigenvalue weighted by Crippen LogP contribution is -2.37. The molecule has 1 aromatic carbocycles. The Hall–Kier alpha value is -3.62. The lowest BCUT2D eigenvalue weighted by molar-refractivity contribution is 0.0673. The molecular formula is C21H23N5O4. The first-order valence-corrected chi connectivity index (χ1v) is 9.72. The number of amides is 1. The van der Waals surface area contributed by atoms with E-state index in [9.17, 15) is 14.7 Å². The van der Waals surface area contributed by atoms with Gasteiger partial charge in [-0.1, -0.05) is 12.1 Å². The van der Waals surface area contributed by atoms with E-state index in [1.165, 1.54) is 0 Å². The number of hydrogen-bond donors (Lipinski definition) is 2. The highest BCUT2D eigenvalue weighted by Gasteiger charge is 2.31. The van der Waals surface area contributed by atoms with Crippen LogP contribution in [0.5, 0.6) is 5.75 Å². The fourth-order valence-electron chi connectivity index (χ4n) is 3.74. The number of benzene rings is 1. The summed E-state index contributed by atoms with van der Waals surface area (Å²) in [6.45, 7) is 3.09. The van der Waals surface area contributed by atoms with Gasteiger partial charge in [0.1, 0.15) is 11.4 Å². The van der Waals surface area contributed by atoms with E-state index >= 15 is 0 Å². The van der Waals surface area contributed by atoms with E-state index < -0.39 is 5.97 Å². The quantitative estimate of drug-likeness (QED) is 0.644. The molecule has 0 saturated heterocycles. The predicted molar refractivity (Wildman–Crippen MR) is 108 cm³/mol. The lowest BCUT2D eigenvalue weighted by Gasteiger charge is -2.27. The maximum atomic E-state index is 12.7. The van der Waals surface area contributed by atoms with Gasteiger partial charge in [-0.15, -0.1) is 0 Å². The Morgan fingerprint density at radius 1 is 1.27 bits per heavy atom. The van der Waals surface area contributed by atoms with Crippen molar-refractivity contribution < 1.29 is 19.4 Å². The van der Waals surface area contributed by atoms with E-state index in [2.05, 4.69) is 15.3 Å². The van der Waals surface area contributed by atoms with Gasteiger partial charge in [-0.2, -0.15) is 10.2 Å². The van der Waals surface area contributed by atoms with Crippen molar-refractivity contribution in [3.63, 3.8) is 0 Å². The van der Waals surface area contributed by atoms with E-state index in [-0.39, 0.29) is 18.1 Å². The van der Waals surface area contributed by atoms with Crippen LogP contribution < -0.4 is 4.74 Å². The largest absolute Gasteiger partial charge is 0.497 e. The highest BCUT2D eigenvalue weighted by molar-refractivity contribution is 5.93. The number of ether oxygens (including phenoxy) is 1. The lowest BCUT2D eigenvalue weighted by atomic mass is 10.0. The Bertz CT molecular complexity index is 1080. The highest BCUT2D eigenvalue weighted by Crippen LogP contribution is 2.24. The van der Waals surface area contributed by atoms with Crippen molar-refractivity contribution in [1.29, 1.82) is 0 Å². The summed E-state index contributed by atoms with van der Waals surface area (Å²) in [4.78, 5) is 26.1. The molecule has 0 fully saturated rings. The Labute approximate surface area is 173 Å². The van der Waals surface area contributed by atoms with E-state index in [0.29, 0.717) is 37.2 Å². The van der Waals surface area contributed by atoms with E-state index in [4.69, 9.17) is 4.74 Å². The summed E-state index contributed by atoms with van der Waals surface area (Å²) in [5.41, 5.74) is 3.73. The molecule has 0 bridgehead atoms. The summed E-state index contributed by atoms with van der Waals surface area (Å²) in [6, 6.07) is 9.46. The maximum Gasteiger partial charge on any atom is 0.356 e. The molecule has 9 heteroatoms. The predicted octanol–water partition coefficient (Wildman–Crippen LogP) is 2.06. The molecule has 0 radical (unpaired) electrons. The van der Waals surface area contributed by atoms with E-state index in [1.807, 2.05) is 31.2 Å². The fraction of sp³-hybridized carbons (Fsp3) is 0.333. The number of carboxylic acids is 1. The van der Waals surface area contributed by atoms with Gasteiger partial charge in [0, 0.05) is 36.5 Å². The number of fused-ring (bicyclic) bond motifs is 1. The van der Waals surface area contributed by atoms with Crippen molar-refractivity contribution >= 4 is 11.9 Å². The number of carbonyl (C=O) groups excluding carboxylic acids is 1.